The molecule has 0 radical (unpaired) electrons. The minimum Gasteiger partial charge on any atom is -0.390 e. The molecule has 0 heterocycles. The lowest BCUT2D eigenvalue weighted by molar-refractivity contribution is -0.141. The van der Waals surface area contributed by atoms with Gasteiger partial charge in [-0.3, -0.25) is 4.79 Å². The molecule has 2 N–H and O–H groups in total. The summed E-state index contributed by atoms with van der Waals surface area (Å²) in [5.74, 6) is 0.0468. The van der Waals surface area contributed by atoms with Crippen molar-refractivity contribution < 1.29 is 9.90 Å². The molecule has 0 spiro atoms. The van der Waals surface area contributed by atoms with Crippen molar-refractivity contribution in [2.75, 3.05) is 6.54 Å². The summed E-state index contributed by atoms with van der Waals surface area (Å²) in [6.07, 6.45) is 2.52. The van der Waals surface area contributed by atoms with Crippen molar-refractivity contribution >= 4 is 5.91 Å². The van der Waals surface area contributed by atoms with E-state index < -0.39 is 11.0 Å². The fraction of sp³-hybridized carbons (Fsp3) is 0.933. The predicted molar refractivity (Wildman–Crippen MR) is 76.4 cm³/mol. The van der Waals surface area contributed by atoms with E-state index in [1.165, 1.54) is 0 Å². The second-order valence-corrected chi connectivity index (χ2v) is 7.18. The van der Waals surface area contributed by atoms with Crippen LogP contribution in [0, 0.1) is 10.8 Å². The number of carbonyl (C=O) groups excluding carboxylic acids is 1. The predicted octanol–water partition coefficient (Wildman–Crippen LogP) is 3.12. The maximum Gasteiger partial charge on any atom is 0.226 e. The average Bonchev–Trinajstić information content (AvgIpc) is 2.13. The molecular formula is C15H31NO2. The number of hydrogen-bond donors (Lipinski definition) is 2. The van der Waals surface area contributed by atoms with Crippen LogP contribution in [0.2, 0.25) is 0 Å². The Morgan fingerprint density at radius 1 is 1.11 bits per heavy atom. The summed E-state index contributed by atoms with van der Waals surface area (Å²) in [6.45, 7) is 14.5. The third-order valence-corrected chi connectivity index (χ3v) is 3.76. The van der Waals surface area contributed by atoms with Crippen LogP contribution in [0.25, 0.3) is 0 Å². The highest BCUT2D eigenvalue weighted by molar-refractivity contribution is 5.83. The van der Waals surface area contributed by atoms with Crippen LogP contribution in [-0.4, -0.2) is 23.2 Å². The SMILES string of the molecule is CCCCNC(=O)C(C)(CC(C)(C)O)C(C)(C)C. The summed E-state index contributed by atoms with van der Waals surface area (Å²) in [7, 11) is 0. The number of carbonyl (C=O) groups is 1. The van der Waals surface area contributed by atoms with Crippen LogP contribution in [0.4, 0.5) is 0 Å². The Hall–Kier alpha value is -0.570. The molecule has 0 bridgehead atoms. The largest absolute Gasteiger partial charge is 0.390 e. The molecule has 0 rings (SSSR count). The molecule has 0 fully saturated rings. The van der Waals surface area contributed by atoms with Gasteiger partial charge in [-0.05, 0) is 32.1 Å². The van der Waals surface area contributed by atoms with E-state index in [1.807, 2.05) is 6.92 Å². The van der Waals surface area contributed by atoms with E-state index in [0.717, 1.165) is 12.8 Å². The monoisotopic (exact) mass is 257 g/mol. The summed E-state index contributed by atoms with van der Waals surface area (Å²) in [4.78, 5) is 12.4. The summed E-state index contributed by atoms with van der Waals surface area (Å²) in [6, 6.07) is 0. The standard InChI is InChI=1S/C15H31NO2/c1-8-9-10-16-12(17)15(7,13(2,3)4)11-14(5,6)18/h18H,8-11H2,1-7H3,(H,16,17). The molecular weight excluding hydrogens is 226 g/mol. The molecule has 0 aromatic carbocycles. The number of unbranched alkanes of at least 4 members (excludes halogenated alkanes) is 1. The van der Waals surface area contributed by atoms with E-state index in [4.69, 9.17) is 0 Å². The second-order valence-electron chi connectivity index (χ2n) is 7.18. The van der Waals surface area contributed by atoms with Gasteiger partial charge in [-0.2, -0.15) is 0 Å². The van der Waals surface area contributed by atoms with Crippen LogP contribution in [0.5, 0.6) is 0 Å². The van der Waals surface area contributed by atoms with Crippen LogP contribution in [-0.2, 0) is 4.79 Å². The van der Waals surface area contributed by atoms with Crippen molar-refractivity contribution in [3.63, 3.8) is 0 Å². The summed E-state index contributed by atoms with van der Waals surface area (Å²) in [5, 5.41) is 13.1. The van der Waals surface area contributed by atoms with Crippen LogP contribution < -0.4 is 5.32 Å². The topological polar surface area (TPSA) is 49.3 Å². The molecule has 18 heavy (non-hydrogen) atoms. The van der Waals surface area contributed by atoms with E-state index >= 15 is 0 Å². The van der Waals surface area contributed by atoms with Crippen molar-refractivity contribution in [1.29, 1.82) is 0 Å². The maximum atomic E-state index is 12.4. The van der Waals surface area contributed by atoms with Gasteiger partial charge < -0.3 is 10.4 Å². The van der Waals surface area contributed by atoms with Gasteiger partial charge in [0.05, 0.1) is 11.0 Å². The number of aliphatic hydroxyl groups is 1. The maximum absolute atomic E-state index is 12.4. The van der Waals surface area contributed by atoms with Gasteiger partial charge in [-0.15, -0.1) is 0 Å². The van der Waals surface area contributed by atoms with Gasteiger partial charge in [-0.25, -0.2) is 0 Å². The lowest BCUT2D eigenvalue weighted by Gasteiger charge is -2.43. The van der Waals surface area contributed by atoms with Crippen LogP contribution in [0.3, 0.4) is 0 Å². The number of amides is 1. The van der Waals surface area contributed by atoms with Crippen molar-refractivity contribution in [3.05, 3.63) is 0 Å². The third kappa shape index (κ3) is 4.97. The van der Waals surface area contributed by atoms with E-state index in [2.05, 4.69) is 33.0 Å². The first kappa shape index (κ1) is 17.4. The van der Waals surface area contributed by atoms with Crippen LogP contribution in [0.1, 0.15) is 67.7 Å². The molecule has 0 saturated carbocycles. The lowest BCUT2D eigenvalue weighted by Crippen LogP contribution is -2.50. The van der Waals surface area contributed by atoms with Crippen molar-refractivity contribution in [1.82, 2.24) is 5.32 Å². The average molecular weight is 257 g/mol. The molecule has 1 amide bonds. The quantitative estimate of drug-likeness (QED) is 0.718. The van der Waals surface area contributed by atoms with Crippen molar-refractivity contribution in [2.45, 2.75) is 73.3 Å². The van der Waals surface area contributed by atoms with Gasteiger partial charge in [0, 0.05) is 6.54 Å². The smallest absolute Gasteiger partial charge is 0.226 e. The van der Waals surface area contributed by atoms with Gasteiger partial charge >= 0.3 is 0 Å². The molecule has 0 aliphatic rings. The normalized spacial score (nSPS) is 16.2. The Balaban J connectivity index is 4.94. The minimum atomic E-state index is -0.843. The molecule has 1 atom stereocenters. The molecule has 1 unspecified atom stereocenters. The Morgan fingerprint density at radius 3 is 1.94 bits per heavy atom. The molecule has 108 valence electrons. The molecule has 0 aromatic rings. The molecule has 3 heteroatoms. The molecule has 0 aliphatic heterocycles. The van der Waals surface area contributed by atoms with Crippen LogP contribution >= 0.6 is 0 Å². The number of rotatable bonds is 6. The third-order valence-electron chi connectivity index (χ3n) is 3.76. The first-order chi connectivity index (χ1) is 7.94. The van der Waals surface area contributed by atoms with Crippen molar-refractivity contribution in [2.24, 2.45) is 10.8 Å². The highest BCUT2D eigenvalue weighted by Gasteiger charge is 2.46. The lowest BCUT2D eigenvalue weighted by atomic mass is 9.62. The van der Waals surface area contributed by atoms with E-state index in [9.17, 15) is 9.90 Å². The Kier molecular flexibility index (Phi) is 5.86. The summed E-state index contributed by atoms with van der Waals surface area (Å²) in [5.41, 5.74) is -1.60. The second kappa shape index (κ2) is 6.05. The van der Waals surface area contributed by atoms with E-state index in [-0.39, 0.29) is 11.3 Å². The molecule has 0 aliphatic carbocycles. The Labute approximate surface area is 112 Å². The highest BCUT2D eigenvalue weighted by atomic mass is 16.3. The van der Waals surface area contributed by atoms with Gasteiger partial charge in [-0.1, -0.05) is 41.0 Å². The zero-order valence-corrected chi connectivity index (χ0v) is 13.2. The summed E-state index contributed by atoms with van der Waals surface area (Å²) < 4.78 is 0. The number of nitrogens with one attached hydrogen (secondary N) is 1. The highest BCUT2D eigenvalue weighted by Crippen LogP contribution is 2.44. The number of hydrogen-bond acceptors (Lipinski definition) is 2. The van der Waals surface area contributed by atoms with Gasteiger partial charge in [0.15, 0.2) is 0 Å². The van der Waals surface area contributed by atoms with E-state index in [0.29, 0.717) is 13.0 Å². The minimum absolute atomic E-state index is 0.0468. The fourth-order valence-corrected chi connectivity index (χ4v) is 2.13. The molecule has 3 nitrogen and oxygen atoms in total. The van der Waals surface area contributed by atoms with E-state index in [1.54, 1.807) is 13.8 Å². The Bertz CT molecular complexity index is 273. The zero-order chi connectivity index (χ0) is 14.6. The van der Waals surface area contributed by atoms with Gasteiger partial charge in [0.25, 0.3) is 0 Å². The summed E-state index contributed by atoms with van der Waals surface area (Å²) >= 11 is 0. The first-order valence-corrected chi connectivity index (χ1v) is 6.95. The first-order valence-electron chi connectivity index (χ1n) is 6.95. The van der Waals surface area contributed by atoms with Crippen LogP contribution in [0.15, 0.2) is 0 Å². The van der Waals surface area contributed by atoms with Crippen molar-refractivity contribution in [3.8, 4) is 0 Å². The Morgan fingerprint density at radius 2 is 1.61 bits per heavy atom. The van der Waals surface area contributed by atoms with Gasteiger partial charge in [0.2, 0.25) is 5.91 Å². The molecule has 0 aromatic heterocycles. The zero-order valence-electron chi connectivity index (χ0n) is 13.2. The fourth-order valence-electron chi connectivity index (χ4n) is 2.13. The molecule has 0 saturated heterocycles. The van der Waals surface area contributed by atoms with Gasteiger partial charge in [0.1, 0.15) is 0 Å².